The number of aliphatic hydroxyl groups is 1. The lowest BCUT2D eigenvalue weighted by Gasteiger charge is -2.41. The van der Waals surface area contributed by atoms with Crippen molar-refractivity contribution in [2.24, 2.45) is 0 Å². The van der Waals surface area contributed by atoms with E-state index in [1.807, 2.05) is 6.92 Å². The number of hydrogen-bond acceptors (Lipinski definition) is 6. The van der Waals surface area contributed by atoms with E-state index in [-0.39, 0.29) is 6.10 Å². The van der Waals surface area contributed by atoms with Crippen molar-refractivity contribution in [3.8, 4) is 0 Å². The van der Waals surface area contributed by atoms with Crippen molar-refractivity contribution < 1.29 is 9.63 Å². The SMILES string of the molecule is CC[C@H]1CN(Cc2noc(C3CC3)n2)CCN1C[C@H](C)O. The molecule has 6 heteroatoms. The van der Waals surface area contributed by atoms with E-state index in [9.17, 15) is 5.11 Å². The van der Waals surface area contributed by atoms with Crippen LogP contribution in [0.2, 0.25) is 0 Å². The highest BCUT2D eigenvalue weighted by Gasteiger charge is 2.31. The summed E-state index contributed by atoms with van der Waals surface area (Å²) in [5.74, 6) is 2.16. The van der Waals surface area contributed by atoms with Gasteiger partial charge in [-0.15, -0.1) is 0 Å². The molecule has 1 N–H and O–H groups in total. The second-order valence-electron chi connectivity index (χ2n) is 6.46. The molecule has 2 aliphatic rings. The summed E-state index contributed by atoms with van der Waals surface area (Å²) in [4.78, 5) is 9.30. The van der Waals surface area contributed by atoms with Crippen LogP contribution in [0.5, 0.6) is 0 Å². The standard InChI is InChI=1S/C15H26N4O2/c1-3-13-9-18(6-7-19(13)8-11(2)20)10-14-16-15(21-17-14)12-4-5-12/h11-13,20H,3-10H2,1-2H3/t11-,13-/m0/s1. The van der Waals surface area contributed by atoms with Crippen LogP contribution in [0.25, 0.3) is 0 Å². The molecule has 1 aliphatic carbocycles. The minimum atomic E-state index is -0.260. The van der Waals surface area contributed by atoms with Crippen LogP contribution < -0.4 is 0 Å². The topological polar surface area (TPSA) is 65.6 Å². The quantitative estimate of drug-likeness (QED) is 0.851. The van der Waals surface area contributed by atoms with E-state index < -0.39 is 0 Å². The first-order chi connectivity index (χ1) is 10.2. The van der Waals surface area contributed by atoms with Gasteiger partial charge in [0.25, 0.3) is 0 Å². The molecule has 0 aromatic carbocycles. The highest BCUT2D eigenvalue weighted by atomic mass is 16.5. The molecule has 2 heterocycles. The highest BCUT2D eigenvalue weighted by molar-refractivity contribution is 5.02. The molecule has 3 rings (SSSR count). The molecule has 0 bridgehead atoms. The molecule has 0 spiro atoms. The van der Waals surface area contributed by atoms with E-state index >= 15 is 0 Å². The Balaban J connectivity index is 1.54. The lowest BCUT2D eigenvalue weighted by Crippen LogP contribution is -2.54. The smallest absolute Gasteiger partial charge is 0.229 e. The van der Waals surface area contributed by atoms with Crippen molar-refractivity contribution in [2.45, 2.75) is 57.7 Å². The van der Waals surface area contributed by atoms with Gasteiger partial charge >= 0.3 is 0 Å². The zero-order chi connectivity index (χ0) is 14.8. The number of aliphatic hydroxyl groups excluding tert-OH is 1. The summed E-state index contributed by atoms with van der Waals surface area (Å²) >= 11 is 0. The Kier molecular flexibility index (Phi) is 4.57. The largest absolute Gasteiger partial charge is 0.392 e. The van der Waals surface area contributed by atoms with Gasteiger partial charge in [-0.05, 0) is 26.2 Å². The molecule has 1 aliphatic heterocycles. The van der Waals surface area contributed by atoms with Crippen molar-refractivity contribution in [3.05, 3.63) is 11.7 Å². The maximum Gasteiger partial charge on any atom is 0.229 e. The van der Waals surface area contributed by atoms with Crippen LogP contribution in [0.1, 0.15) is 50.7 Å². The average molecular weight is 294 g/mol. The van der Waals surface area contributed by atoms with Crippen LogP contribution in [0.15, 0.2) is 4.52 Å². The number of piperazine rings is 1. The Morgan fingerprint density at radius 1 is 1.38 bits per heavy atom. The Labute approximate surface area is 126 Å². The second kappa shape index (κ2) is 6.42. The molecule has 0 unspecified atom stereocenters. The van der Waals surface area contributed by atoms with Gasteiger partial charge in [0.05, 0.1) is 12.6 Å². The average Bonchev–Trinajstić information content (AvgIpc) is 3.21. The Bertz CT molecular complexity index is 458. The van der Waals surface area contributed by atoms with E-state index in [1.54, 1.807) is 0 Å². The molecule has 1 aromatic heterocycles. The molecule has 118 valence electrons. The van der Waals surface area contributed by atoms with E-state index in [0.717, 1.165) is 50.9 Å². The van der Waals surface area contributed by atoms with Gasteiger partial charge in [0.1, 0.15) is 0 Å². The van der Waals surface area contributed by atoms with E-state index in [1.165, 1.54) is 12.8 Å². The molecule has 0 amide bonds. The van der Waals surface area contributed by atoms with E-state index in [0.29, 0.717) is 12.0 Å². The first-order valence-corrected chi connectivity index (χ1v) is 8.12. The molecule has 1 saturated heterocycles. The van der Waals surface area contributed by atoms with E-state index in [4.69, 9.17) is 4.52 Å². The molecule has 2 fully saturated rings. The molecule has 21 heavy (non-hydrogen) atoms. The van der Waals surface area contributed by atoms with Gasteiger partial charge in [0.2, 0.25) is 5.89 Å². The third kappa shape index (κ3) is 3.81. The highest BCUT2D eigenvalue weighted by Crippen LogP contribution is 2.38. The molecule has 1 aromatic rings. The van der Waals surface area contributed by atoms with E-state index in [2.05, 4.69) is 26.9 Å². The van der Waals surface area contributed by atoms with Crippen molar-refractivity contribution in [1.29, 1.82) is 0 Å². The molecular weight excluding hydrogens is 268 g/mol. The molecule has 2 atom stereocenters. The molecule has 6 nitrogen and oxygen atoms in total. The van der Waals surface area contributed by atoms with Gasteiger partial charge in [0, 0.05) is 38.1 Å². The fraction of sp³-hybridized carbons (Fsp3) is 0.867. The van der Waals surface area contributed by atoms with Gasteiger partial charge < -0.3 is 9.63 Å². The van der Waals surface area contributed by atoms with Crippen LogP contribution in [0.3, 0.4) is 0 Å². The van der Waals surface area contributed by atoms with Crippen molar-refractivity contribution in [2.75, 3.05) is 26.2 Å². The summed E-state index contributed by atoms with van der Waals surface area (Å²) in [5.41, 5.74) is 0. The number of rotatable bonds is 6. The lowest BCUT2D eigenvalue weighted by molar-refractivity contribution is 0.0326. The fourth-order valence-electron chi connectivity index (χ4n) is 3.10. The summed E-state index contributed by atoms with van der Waals surface area (Å²) in [6, 6.07) is 0.503. The zero-order valence-electron chi connectivity index (χ0n) is 13.0. The maximum atomic E-state index is 9.59. The van der Waals surface area contributed by atoms with Crippen LogP contribution >= 0.6 is 0 Å². The minimum Gasteiger partial charge on any atom is -0.392 e. The van der Waals surface area contributed by atoms with Crippen LogP contribution in [0, 0.1) is 0 Å². The minimum absolute atomic E-state index is 0.260. The van der Waals surface area contributed by atoms with Gasteiger partial charge in [-0.25, -0.2) is 0 Å². The Morgan fingerprint density at radius 3 is 2.86 bits per heavy atom. The zero-order valence-corrected chi connectivity index (χ0v) is 13.0. The first-order valence-electron chi connectivity index (χ1n) is 8.12. The van der Waals surface area contributed by atoms with Gasteiger partial charge in [-0.1, -0.05) is 12.1 Å². The van der Waals surface area contributed by atoms with Crippen LogP contribution in [-0.4, -0.2) is 63.4 Å². The van der Waals surface area contributed by atoms with Crippen molar-refractivity contribution >= 4 is 0 Å². The number of nitrogens with zero attached hydrogens (tertiary/aromatic N) is 4. The molecular formula is C15H26N4O2. The maximum absolute atomic E-state index is 9.59. The predicted molar refractivity (Wildman–Crippen MR) is 78.9 cm³/mol. The molecule has 0 radical (unpaired) electrons. The van der Waals surface area contributed by atoms with Gasteiger partial charge in [0.15, 0.2) is 5.82 Å². The Hall–Kier alpha value is -0.980. The summed E-state index contributed by atoms with van der Waals surface area (Å²) in [5, 5.41) is 13.7. The second-order valence-corrected chi connectivity index (χ2v) is 6.46. The van der Waals surface area contributed by atoms with Crippen molar-refractivity contribution in [3.63, 3.8) is 0 Å². The Morgan fingerprint density at radius 2 is 2.19 bits per heavy atom. The normalized spacial score (nSPS) is 26.1. The van der Waals surface area contributed by atoms with Gasteiger partial charge in [-0.2, -0.15) is 4.98 Å². The number of aromatic nitrogens is 2. The fourth-order valence-corrected chi connectivity index (χ4v) is 3.10. The third-order valence-corrected chi connectivity index (χ3v) is 4.43. The van der Waals surface area contributed by atoms with Crippen LogP contribution in [-0.2, 0) is 6.54 Å². The molecule has 1 saturated carbocycles. The number of hydrogen-bond donors (Lipinski definition) is 1. The lowest BCUT2D eigenvalue weighted by atomic mass is 10.1. The summed E-state index contributed by atoms with van der Waals surface area (Å²) in [7, 11) is 0. The summed E-state index contributed by atoms with van der Waals surface area (Å²) in [6.07, 6.45) is 3.22. The van der Waals surface area contributed by atoms with Crippen molar-refractivity contribution in [1.82, 2.24) is 19.9 Å². The monoisotopic (exact) mass is 294 g/mol. The van der Waals surface area contributed by atoms with Crippen LogP contribution in [0.4, 0.5) is 0 Å². The van der Waals surface area contributed by atoms with Gasteiger partial charge in [-0.3, -0.25) is 9.80 Å². The summed E-state index contributed by atoms with van der Waals surface area (Å²) in [6.45, 7) is 8.61. The number of β-amino-alcohol motifs (C(OH)–C–C–N with tert-alkyl or cyclic N) is 1. The third-order valence-electron chi connectivity index (χ3n) is 4.43. The first kappa shape index (κ1) is 14.9. The summed E-state index contributed by atoms with van der Waals surface area (Å²) < 4.78 is 5.33. The predicted octanol–water partition coefficient (Wildman–Crippen LogP) is 1.22.